The number of aromatic nitrogens is 3. The van der Waals surface area contributed by atoms with Crippen LogP contribution < -0.4 is 3.71 Å². The number of carbonyl (C=O) groups is 1. The van der Waals surface area contributed by atoms with Crippen LogP contribution in [0.15, 0.2) is 18.3 Å². The van der Waals surface area contributed by atoms with Gasteiger partial charge in [-0.25, -0.2) is 9.78 Å². The molecule has 0 saturated heterocycles. The molecule has 11 heteroatoms. The van der Waals surface area contributed by atoms with Crippen LogP contribution in [0.1, 0.15) is 44.2 Å². The van der Waals surface area contributed by atoms with Crippen molar-refractivity contribution in [2.75, 3.05) is 10.8 Å². The Morgan fingerprint density at radius 3 is 2.69 bits per heavy atom. The Hall–Kier alpha value is -1.59. The summed E-state index contributed by atoms with van der Waals surface area (Å²) >= 11 is -0.528. The van der Waals surface area contributed by atoms with Gasteiger partial charge in [0.05, 0.1) is 6.20 Å². The fourth-order valence-electron chi connectivity index (χ4n) is 2.82. The third-order valence-corrected chi connectivity index (χ3v) is 5.03. The maximum Gasteiger partial charge on any atom is 0.332 e. The van der Waals surface area contributed by atoms with Crippen molar-refractivity contribution < 1.29 is 22.4 Å². The van der Waals surface area contributed by atoms with Gasteiger partial charge in [-0.2, -0.15) is 13.3 Å². The van der Waals surface area contributed by atoms with Crippen molar-refractivity contribution in [1.82, 2.24) is 14.6 Å². The molecule has 0 aromatic carbocycles. The largest absolute Gasteiger partial charge is 0.479 e. The average molecular weight is 406 g/mol. The van der Waals surface area contributed by atoms with Gasteiger partial charge in [-0.3, -0.25) is 0 Å². The van der Waals surface area contributed by atoms with Gasteiger partial charge in [-0.05, 0) is 19.3 Å². The van der Waals surface area contributed by atoms with Crippen LogP contribution in [-0.4, -0.2) is 38.9 Å². The van der Waals surface area contributed by atoms with E-state index in [4.69, 9.17) is 9.84 Å². The summed E-state index contributed by atoms with van der Waals surface area (Å²) in [5, 5.41) is 13.2. The first-order valence-electron chi connectivity index (χ1n) is 8.03. The van der Waals surface area contributed by atoms with Crippen LogP contribution in [0, 0.1) is 0 Å². The summed E-state index contributed by atoms with van der Waals surface area (Å²) in [5.41, 5.74) is 1.11. The Bertz CT molecular complexity index is 730. The molecule has 2 aromatic heterocycles. The summed E-state index contributed by atoms with van der Waals surface area (Å²) in [4.78, 5) is 15.7. The highest BCUT2D eigenvalue weighted by Gasteiger charge is 2.23. The Labute approximate surface area is 159 Å². The number of rotatable bonds is 11. The third kappa shape index (κ3) is 4.77. The molecule has 0 amide bonds. The number of methoxy groups -OCH3 is 1. The summed E-state index contributed by atoms with van der Waals surface area (Å²) in [6.45, 7) is 2.01. The molecule has 0 aliphatic heterocycles. The van der Waals surface area contributed by atoms with Crippen molar-refractivity contribution in [2.24, 2.45) is 0 Å². The number of ether oxygens (including phenoxy) is 1. The van der Waals surface area contributed by atoms with Crippen molar-refractivity contribution in [3.8, 4) is 0 Å². The number of aliphatic carboxylic acids is 1. The topological polar surface area (TPSA) is 80.0 Å². The lowest BCUT2D eigenvalue weighted by molar-refractivity contribution is -0.148. The SMILES string of the molecule is CCCC(CC[C@@H](OC)C(=O)O)c1cc(N(SF)SF)n2nccc2n1. The minimum Gasteiger partial charge on any atom is -0.479 e. The van der Waals surface area contributed by atoms with Crippen LogP contribution in [0.3, 0.4) is 0 Å². The molecule has 0 aliphatic rings. The van der Waals surface area contributed by atoms with Crippen LogP contribution >= 0.6 is 24.7 Å². The van der Waals surface area contributed by atoms with Crippen LogP contribution in [0.25, 0.3) is 5.65 Å². The minimum atomic E-state index is -1.02. The number of carboxylic acid groups (broad SMARTS) is 1. The second-order valence-corrected chi connectivity index (χ2v) is 6.90. The summed E-state index contributed by atoms with van der Waals surface area (Å²) in [6.07, 6.45) is 3.07. The van der Waals surface area contributed by atoms with Gasteiger partial charge in [0.25, 0.3) is 0 Å². The van der Waals surface area contributed by atoms with Crippen molar-refractivity contribution >= 4 is 42.1 Å². The van der Waals surface area contributed by atoms with Crippen molar-refractivity contribution in [1.29, 1.82) is 0 Å². The number of fused-ring (bicyclic) bond motifs is 1. The van der Waals surface area contributed by atoms with Gasteiger partial charge in [-0.15, -0.1) is 7.77 Å². The molecule has 0 spiro atoms. The molecule has 0 saturated carbocycles. The number of nitrogens with zero attached hydrogens (tertiary/aromatic N) is 4. The standard InChI is InChI=1S/C15H20F2N4O3S2/c1-3-4-10(5-6-12(24-2)15(22)23)11-9-14(21(25-16)26-17)20-13(19-11)7-8-18-20/h7-10,12H,3-6H2,1-2H3,(H,22,23)/t10?,12-/m1/s1. The van der Waals surface area contributed by atoms with E-state index in [-0.39, 0.29) is 36.4 Å². The zero-order chi connectivity index (χ0) is 19.1. The monoisotopic (exact) mass is 406 g/mol. The van der Waals surface area contributed by atoms with Crippen LogP contribution in [0.2, 0.25) is 0 Å². The number of hydrogen-bond donors (Lipinski definition) is 1. The number of halogens is 2. The fourth-order valence-corrected chi connectivity index (χ4v) is 3.31. The first-order valence-corrected chi connectivity index (χ1v) is 9.38. The van der Waals surface area contributed by atoms with Gasteiger partial charge in [0.15, 0.2) is 42.2 Å². The maximum absolute atomic E-state index is 13.1. The van der Waals surface area contributed by atoms with E-state index in [1.165, 1.54) is 17.8 Å². The van der Waals surface area contributed by atoms with Crippen LogP contribution in [0.4, 0.5) is 13.6 Å². The molecule has 0 fully saturated rings. The second-order valence-electron chi connectivity index (χ2n) is 5.66. The van der Waals surface area contributed by atoms with Crippen LogP contribution in [-0.2, 0) is 9.53 Å². The fraction of sp³-hybridized carbons (Fsp3) is 0.533. The summed E-state index contributed by atoms with van der Waals surface area (Å²) < 4.78 is 33.3. The Kier molecular flexibility index (Phi) is 7.91. The Morgan fingerprint density at radius 2 is 2.12 bits per heavy atom. The number of carboxylic acids is 1. The molecule has 144 valence electrons. The predicted molar refractivity (Wildman–Crippen MR) is 98.2 cm³/mol. The Balaban J connectivity index is 2.35. The van der Waals surface area contributed by atoms with Crippen molar-refractivity contribution in [3.05, 3.63) is 24.0 Å². The van der Waals surface area contributed by atoms with Gasteiger partial charge < -0.3 is 9.84 Å². The predicted octanol–water partition coefficient (Wildman–Crippen LogP) is 4.36. The minimum absolute atomic E-state index is 0.0632. The lowest BCUT2D eigenvalue weighted by atomic mass is 9.92. The lowest BCUT2D eigenvalue weighted by Crippen LogP contribution is -2.23. The molecule has 1 unspecified atom stereocenters. The molecule has 7 nitrogen and oxygen atoms in total. The van der Waals surface area contributed by atoms with Crippen molar-refractivity contribution in [2.45, 2.75) is 44.6 Å². The maximum atomic E-state index is 13.1. The molecule has 0 radical (unpaired) electrons. The summed E-state index contributed by atoms with van der Waals surface area (Å²) in [7, 11) is 1.36. The molecule has 2 heterocycles. The zero-order valence-corrected chi connectivity index (χ0v) is 16.0. The van der Waals surface area contributed by atoms with E-state index in [1.54, 1.807) is 12.1 Å². The van der Waals surface area contributed by atoms with Gasteiger partial charge in [0, 0.05) is 30.9 Å². The number of anilines is 1. The van der Waals surface area contributed by atoms with E-state index in [2.05, 4.69) is 10.1 Å². The summed E-state index contributed by atoms with van der Waals surface area (Å²) in [5.74, 6) is -0.874. The molecule has 0 bridgehead atoms. The van der Waals surface area contributed by atoms with E-state index < -0.39 is 12.1 Å². The van der Waals surface area contributed by atoms with E-state index in [0.29, 0.717) is 24.2 Å². The quantitative estimate of drug-likeness (QED) is 0.551. The molecule has 0 aliphatic carbocycles. The molecule has 2 aromatic rings. The summed E-state index contributed by atoms with van der Waals surface area (Å²) in [6, 6.07) is 3.23. The van der Waals surface area contributed by atoms with E-state index in [9.17, 15) is 12.6 Å². The van der Waals surface area contributed by atoms with Gasteiger partial charge in [0.1, 0.15) is 0 Å². The zero-order valence-electron chi connectivity index (χ0n) is 14.3. The molecular weight excluding hydrogens is 386 g/mol. The molecular formula is C15H20F2N4O3S2. The third-order valence-electron chi connectivity index (χ3n) is 4.07. The highest BCUT2D eigenvalue weighted by atomic mass is 32.3. The first-order chi connectivity index (χ1) is 12.5. The van der Waals surface area contributed by atoms with Gasteiger partial charge in [-0.1, -0.05) is 13.3 Å². The second kappa shape index (κ2) is 9.93. The van der Waals surface area contributed by atoms with E-state index in [1.807, 2.05) is 6.92 Å². The van der Waals surface area contributed by atoms with Gasteiger partial charge in [0.2, 0.25) is 0 Å². The molecule has 1 N–H and O–H groups in total. The van der Waals surface area contributed by atoms with Crippen LogP contribution in [0.5, 0.6) is 0 Å². The van der Waals surface area contributed by atoms with Crippen molar-refractivity contribution in [3.63, 3.8) is 0 Å². The average Bonchev–Trinajstić information content (AvgIpc) is 3.10. The lowest BCUT2D eigenvalue weighted by Gasteiger charge is -2.20. The van der Waals surface area contributed by atoms with E-state index in [0.717, 1.165) is 16.6 Å². The molecule has 2 rings (SSSR count). The molecule has 26 heavy (non-hydrogen) atoms. The molecule has 2 atom stereocenters. The highest BCUT2D eigenvalue weighted by molar-refractivity contribution is 8.13. The smallest absolute Gasteiger partial charge is 0.332 e. The normalized spacial score (nSPS) is 13.7. The highest BCUT2D eigenvalue weighted by Crippen LogP contribution is 2.35. The van der Waals surface area contributed by atoms with E-state index >= 15 is 0 Å². The first kappa shape index (κ1) is 20.7. The number of hydrogen-bond acceptors (Lipinski definition) is 7. The van der Waals surface area contributed by atoms with Gasteiger partial charge >= 0.3 is 5.97 Å². The Morgan fingerprint density at radius 1 is 1.38 bits per heavy atom.